The highest BCUT2D eigenvalue weighted by Gasteiger charge is 2.06. The molecule has 3 heteroatoms. The summed E-state index contributed by atoms with van der Waals surface area (Å²) in [5.74, 6) is -0.189. The molecule has 0 saturated heterocycles. The van der Waals surface area contributed by atoms with Crippen LogP contribution in [0.15, 0.2) is 23.1 Å². The van der Waals surface area contributed by atoms with Gasteiger partial charge in [-0.3, -0.25) is 4.98 Å². The van der Waals surface area contributed by atoms with Crippen LogP contribution in [0.1, 0.15) is 11.3 Å². The van der Waals surface area contributed by atoms with Gasteiger partial charge in [0.1, 0.15) is 5.82 Å². The predicted octanol–water partition coefficient (Wildman–Crippen LogP) is 3.71. The molecule has 1 aromatic carbocycles. The van der Waals surface area contributed by atoms with E-state index in [0.29, 0.717) is 4.90 Å². The number of aromatic nitrogens is 1. The average molecular weight is 221 g/mol. The molecule has 0 amide bonds. The van der Waals surface area contributed by atoms with E-state index in [0.717, 1.165) is 22.2 Å². The number of benzene rings is 1. The average Bonchev–Trinajstić information content (AvgIpc) is 2.20. The highest BCUT2D eigenvalue weighted by atomic mass is 32.2. The number of rotatable bonds is 1. The number of halogens is 1. The first kappa shape index (κ1) is 10.4. The topological polar surface area (TPSA) is 12.9 Å². The Bertz CT molecular complexity index is 523. The van der Waals surface area contributed by atoms with Crippen molar-refractivity contribution in [3.8, 4) is 0 Å². The molecule has 15 heavy (non-hydrogen) atoms. The molecule has 0 atom stereocenters. The number of hydrogen-bond donors (Lipinski definition) is 0. The lowest BCUT2D eigenvalue weighted by molar-refractivity contribution is 0.604. The third-order valence-corrected chi connectivity index (χ3v) is 3.28. The summed E-state index contributed by atoms with van der Waals surface area (Å²) >= 11 is 1.42. The van der Waals surface area contributed by atoms with Crippen molar-refractivity contribution in [1.82, 2.24) is 4.98 Å². The van der Waals surface area contributed by atoms with Gasteiger partial charge < -0.3 is 0 Å². The molecule has 0 aliphatic heterocycles. The molecule has 2 aromatic rings. The van der Waals surface area contributed by atoms with Crippen LogP contribution >= 0.6 is 11.8 Å². The van der Waals surface area contributed by atoms with Gasteiger partial charge in [-0.15, -0.1) is 11.8 Å². The predicted molar refractivity (Wildman–Crippen MR) is 63.0 cm³/mol. The van der Waals surface area contributed by atoms with Gasteiger partial charge in [0.2, 0.25) is 0 Å². The number of pyridine rings is 1. The normalized spacial score (nSPS) is 10.9. The molecule has 0 radical (unpaired) electrons. The number of fused-ring (bicyclic) bond motifs is 1. The third kappa shape index (κ3) is 1.84. The number of thioether (sulfide) groups is 1. The van der Waals surface area contributed by atoms with Crippen LogP contribution in [-0.4, -0.2) is 11.2 Å². The second kappa shape index (κ2) is 3.81. The van der Waals surface area contributed by atoms with Crippen molar-refractivity contribution in [3.63, 3.8) is 0 Å². The zero-order chi connectivity index (χ0) is 11.0. The Hall–Kier alpha value is -1.09. The van der Waals surface area contributed by atoms with Gasteiger partial charge in [0.25, 0.3) is 0 Å². The first-order chi connectivity index (χ1) is 7.11. The van der Waals surface area contributed by atoms with Gasteiger partial charge in [0.15, 0.2) is 0 Å². The largest absolute Gasteiger partial charge is 0.253 e. The molecule has 1 aromatic heterocycles. The summed E-state index contributed by atoms with van der Waals surface area (Å²) in [6, 6.07) is 5.42. The van der Waals surface area contributed by atoms with Crippen LogP contribution in [0.3, 0.4) is 0 Å². The van der Waals surface area contributed by atoms with Gasteiger partial charge in [-0.2, -0.15) is 0 Å². The van der Waals surface area contributed by atoms with Crippen LogP contribution in [0.25, 0.3) is 10.9 Å². The molecule has 2 rings (SSSR count). The van der Waals surface area contributed by atoms with E-state index < -0.39 is 0 Å². The lowest BCUT2D eigenvalue weighted by Crippen LogP contribution is -1.90. The van der Waals surface area contributed by atoms with Crippen molar-refractivity contribution in [2.24, 2.45) is 0 Å². The molecule has 1 heterocycles. The molecule has 1 nitrogen and oxygen atoms in total. The molecule has 0 unspecified atom stereocenters. The van der Waals surface area contributed by atoms with Gasteiger partial charge in [-0.25, -0.2) is 4.39 Å². The van der Waals surface area contributed by atoms with E-state index in [4.69, 9.17) is 0 Å². The van der Waals surface area contributed by atoms with Crippen LogP contribution in [0.4, 0.5) is 4.39 Å². The first-order valence-corrected chi connectivity index (χ1v) is 5.96. The smallest absolute Gasteiger partial charge is 0.138 e. The molecular weight excluding hydrogens is 209 g/mol. The van der Waals surface area contributed by atoms with E-state index >= 15 is 0 Å². The second-order valence-corrected chi connectivity index (χ2v) is 4.42. The standard InChI is InChI=1S/C12H12FNS/c1-7-4-9-5-12(15-3)10(13)6-11(9)14-8(7)2/h4-6H,1-3H3. The monoisotopic (exact) mass is 221 g/mol. The van der Waals surface area contributed by atoms with Crippen LogP contribution in [-0.2, 0) is 0 Å². The fourth-order valence-electron chi connectivity index (χ4n) is 1.53. The molecule has 0 aliphatic carbocycles. The Balaban J connectivity index is 2.76. The van der Waals surface area contributed by atoms with E-state index in [2.05, 4.69) is 11.1 Å². The van der Waals surface area contributed by atoms with E-state index in [1.165, 1.54) is 17.8 Å². The number of aryl methyl sites for hydroxylation is 2. The Labute approximate surface area is 92.7 Å². The fourth-order valence-corrected chi connectivity index (χ4v) is 2.03. The maximum Gasteiger partial charge on any atom is 0.138 e. The highest BCUT2D eigenvalue weighted by molar-refractivity contribution is 7.98. The summed E-state index contributed by atoms with van der Waals surface area (Å²) in [5, 5.41) is 1.00. The van der Waals surface area contributed by atoms with E-state index in [-0.39, 0.29) is 5.82 Å². The minimum atomic E-state index is -0.189. The van der Waals surface area contributed by atoms with Gasteiger partial charge in [0.05, 0.1) is 5.52 Å². The molecule has 0 aliphatic rings. The zero-order valence-electron chi connectivity index (χ0n) is 8.97. The highest BCUT2D eigenvalue weighted by Crippen LogP contribution is 2.25. The van der Waals surface area contributed by atoms with Crippen LogP contribution in [0.5, 0.6) is 0 Å². The summed E-state index contributed by atoms with van der Waals surface area (Å²) in [5.41, 5.74) is 2.83. The van der Waals surface area contributed by atoms with E-state index in [1.807, 2.05) is 26.2 Å². The van der Waals surface area contributed by atoms with Crippen LogP contribution < -0.4 is 0 Å². The quantitative estimate of drug-likeness (QED) is 0.681. The second-order valence-electron chi connectivity index (χ2n) is 3.57. The van der Waals surface area contributed by atoms with Gasteiger partial charge >= 0.3 is 0 Å². The van der Waals surface area contributed by atoms with Crippen molar-refractivity contribution in [1.29, 1.82) is 0 Å². The molecule has 0 fully saturated rings. The summed E-state index contributed by atoms with van der Waals surface area (Å²) in [6.45, 7) is 3.96. The van der Waals surface area contributed by atoms with Crippen molar-refractivity contribution >= 4 is 22.7 Å². The lowest BCUT2D eigenvalue weighted by Gasteiger charge is -2.05. The van der Waals surface area contributed by atoms with Gasteiger partial charge in [-0.1, -0.05) is 0 Å². The maximum absolute atomic E-state index is 13.5. The Morgan fingerprint density at radius 3 is 2.60 bits per heavy atom. The molecule has 0 saturated carbocycles. The SMILES string of the molecule is CSc1cc2cc(C)c(C)nc2cc1F. The maximum atomic E-state index is 13.5. The first-order valence-electron chi connectivity index (χ1n) is 4.73. The molecule has 0 N–H and O–H groups in total. The molecule has 0 bridgehead atoms. The summed E-state index contributed by atoms with van der Waals surface area (Å²) in [7, 11) is 0. The van der Waals surface area contributed by atoms with Gasteiger partial charge in [0, 0.05) is 22.0 Å². The zero-order valence-corrected chi connectivity index (χ0v) is 9.78. The van der Waals surface area contributed by atoms with Gasteiger partial charge in [-0.05, 0) is 37.8 Å². The third-order valence-electron chi connectivity index (χ3n) is 2.53. The number of nitrogens with zero attached hydrogens (tertiary/aromatic N) is 1. The summed E-state index contributed by atoms with van der Waals surface area (Å²) in [6.07, 6.45) is 1.87. The van der Waals surface area contributed by atoms with Crippen molar-refractivity contribution in [2.75, 3.05) is 6.26 Å². The number of hydrogen-bond acceptors (Lipinski definition) is 2. The lowest BCUT2D eigenvalue weighted by atomic mass is 10.1. The summed E-state index contributed by atoms with van der Waals surface area (Å²) in [4.78, 5) is 5.04. The summed E-state index contributed by atoms with van der Waals surface area (Å²) < 4.78 is 13.5. The minimum absolute atomic E-state index is 0.189. The van der Waals surface area contributed by atoms with Crippen LogP contribution in [0.2, 0.25) is 0 Å². The van der Waals surface area contributed by atoms with Crippen molar-refractivity contribution in [2.45, 2.75) is 18.7 Å². The van der Waals surface area contributed by atoms with Crippen molar-refractivity contribution < 1.29 is 4.39 Å². The Morgan fingerprint density at radius 1 is 1.20 bits per heavy atom. The minimum Gasteiger partial charge on any atom is -0.253 e. The van der Waals surface area contributed by atoms with Crippen molar-refractivity contribution in [3.05, 3.63) is 35.3 Å². The Morgan fingerprint density at radius 2 is 1.93 bits per heavy atom. The van der Waals surface area contributed by atoms with E-state index in [1.54, 1.807) is 0 Å². The molecule has 78 valence electrons. The molecule has 0 spiro atoms. The van der Waals surface area contributed by atoms with E-state index in [9.17, 15) is 4.39 Å². The molecular formula is C12H12FNS. The van der Waals surface area contributed by atoms with Crippen LogP contribution in [0, 0.1) is 19.7 Å². The Kier molecular flexibility index (Phi) is 2.65. The fraction of sp³-hybridized carbons (Fsp3) is 0.250.